The number of amides is 2. The summed E-state index contributed by atoms with van der Waals surface area (Å²) in [6, 6.07) is 18.6. The van der Waals surface area contributed by atoms with Crippen LogP contribution in [0.25, 0.3) is 0 Å². The predicted molar refractivity (Wildman–Crippen MR) is 163 cm³/mol. The van der Waals surface area contributed by atoms with Crippen molar-refractivity contribution < 1.29 is 31.9 Å². The summed E-state index contributed by atoms with van der Waals surface area (Å²) >= 11 is 0. The van der Waals surface area contributed by atoms with Gasteiger partial charge >= 0.3 is 0 Å². The highest BCUT2D eigenvalue weighted by Gasteiger charge is 2.35. The van der Waals surface area contributed by atoms with Crippen LogP contribution in [-0.4, -0.2) is 62.2 Å². The fourth-order valence-corrected chi connectivity index (χ4v) is 5.75. The quantitative estimate of drug-likeness (QED) is 0.347. The lowest BCUT2D eigenvalue weighted by atomic mass is 10.0. The van der Waals surface area contributed by atoms with Crippen LogP contribution in [0, 0.1) is 5.82 Å². The Morgan fingerprint density at radius 1 is 0.930 bits per heavy atom. The zero-order valence-corrected chi connectivity index (χ0v) is 25.7. The van der Waals surface area contributed by atoms with E-state index in [4.69, 9.17) is 9.47 Å². The number of anilines is 1. The molecule has 4 rings (SSSR count). The van der Waals surface area contributed by atoms with Crippen LogP contribution < -0.4 is 19.1 Å². The zero-order chi connectivity index (χ0) is 31.2. The van der Waals surface area contributed by atoms with Gasteiger partial charge in [-0.25, -0.2) is 12.8 Å². The second-order valence-corrected chi connectivity index (χ2v) is 13.5. The number of hydrogen-bond acceptors (Lipinski definition) is 6. The zero-order valence-electron chi connectivity index (χ0n) is 24.9. The van der Waals surface area contributed by atoms with Crippen molar-refractivity contribution in [3.8, 4) is 11.5 Å². The summed E-state index contributed by atoms with van der Waals surface area (Å²) in [4.78, 5) is 29.4. The molecule has 1 heterocycles. The van der Waals surface area contributed by atoms with Crippen molar-refractivity contribution in [2.45, 2.75) is 52.2 Å². The summed E-state index contributed by atoms with van der Waals surface area (Å²) < 4.78 is 52.8. The predicted octanol–water partition coefficient (Wildman–Crippen LogP) is 4.31. The summed E-state index contributed by atoms with van der Waals surface area (Å²) in [7, 11) is -3.94. The Morgan fingerprint density at radius 2 is 1.58 bits per heavy atom. The lowest BCUT2D eigenvalue weighted by Gasteiger charge is -2.35. The van der Waals surface area contributed by atoms with Crippen LogP contribution in [0.5, 0.6) is 11.5 Å². The van der Waals surface area contributed by atoms with Crippen molar-refractivity contribution in [2.75, 3.05) is 29.8 Å². The van der Waals surface area contributed by atoms with Gasteiger partial charge in [-0.05, 0) is 63.1 Å². The number of carbonyl (C=O) groups excluding carboxylic acids is 2. The van der Waals surface area contributed by atoms with Crippen LogP contribution in [0.15, 0.2) is 72.8 Å². The number of halogens is 1. The third-order valence-corrected chi connectivity index (χ3v) is 8.57. The van der Waals surface area contributed by atoms with E-state index in [0.29, 0.717) is 30.3 Å². The van der Waals surface area contributed by atoms with E-state index in [-0.39, 0.29) is 24.4 Å². The van der Waals surface area contributed by atoms with Crippen molar-refractivity contribution in [1.29, 1.82) is 0 Å². The van der Waals surface area contributed by atoms with E-state index in [9.17, 15) is 22.4 Å². The molecule has 230 valence electrons. The third-order valence-electron chi connectivity index (χ3n) is 6.83. The average Bonchev–Trinajstić information content (AvgIpc) is 2.97. The van der Waals surface area contributed by atoms with E-state index < -0.39 is 45.8 Å². The first-order valence-corrected chi connectivity index (χ1v) is 15.8. The van der Waals surface area contributed by atoms with Crippen molar-refractivity contribution in [3.05, 3.63) is 89.7 Å². The largest absolute Gasteiger partial charge is 0.486 e. The lowest BCUT2D eigenvalue weighted by Crippen LogP contribution is -2.56. The molecule has 1 aliphatic heterocycles. The molecule has 0 bridgehead atoms. The number of sulfonamides is 1. The molecular formula is C32H38FN3O6S. The molecule has 2 amide bonds. The molecule has 0 saturated heterocycles. The fourth-order valence-electron chi connectivity index (χ4n) is 4.70. The van der Waals surface area contributed by atoms with Crippen molar-refractivity contribution >= 4 is 27.5 Å². The molecule has 0 spiro atoms. The molecule has 11 heteroatoms. The van der Waals surface area contributed by atoms with Gasteiger partial charge in [0.05, 0.1) is 11.4 Å². The highest BCUT2D eigenvalue weighted by atomic mass is 32.2. The van der Waals surface area contributed by atoms with Crippen LogP contribution >= 0.6 is 0 Å². The van der Waals surface area contributed by atoms with E-state index in [2.05, 4.69) is 5.32 Å². The monoisotopic (exact) mass is 611 g/mol. The highest BCUT2D eigenvalue weighted by Crippen LogP contribution is 2.35. The Morgan fingerprint density at radius 3 is 2.21 bits per heavy atom. The van der Waals surface area contributed by atoms with Gasteiger partial charge in [-0.3, -0.25) is 13.9 Å². The Hall–Kier alpha value is -4.12. The number of hydrogen-bond donors (Lipinski definition) is 1. The first kappa shape index (κ1) is 31.8. The molecule has 3 aromatic carbocycles. The van der Waals surface area contributed by atoms with Crippen molar-refractivity contribution in [1.82, 2.24) is 10.2 Å². The Kier molecular flexibility index (Phi) is 9.95. The lowest BCUT2D eigenvalue weighted by molar-refractivity contribution is -0.140. The average molecular weight is 612 g/mol. The molecule has 1 unspecified atom stereocenters. The Labute approximate surface area is 252 Å². The SMILES string of the molecule is CCS(=O)(=O)N(CC(=O)N(Cc1ccc(F)cc1)C(Cc1ccccc1)C(=O)NC(C)(C)C)c1ccc2c(c1)OCCO2. The van der Waals surface area contributed by atoms with E-state index in [0.717, 1.165) is 9.87 Å². The number of nitrogens with zero attached hydrogens (tertiary/aromatic N) is 2. The number of rotatable bonds is 11. The van der Waals surface area contributed by atoms with Gasteiger partial charge in [-0.1, -0.05) is 42.5 Å². The van der Waals surface area contributed by atoms with E-state index in [1.165, 1.54) is 42.2 Å². The number of ether oxygens (including phenoxy) is 2. The Bertz CT molecular complexity index is 1520. The smallest absolute Gasteiger partial charge is 0.244 e. The minimum atomic E-state index is -3.94. The standard InChI is InChI=1S/C32H38FN3O6S/c1-5-43(39,40)36(26-15-16-28-29(20-26)42-18-17-41-28)22-30(37)35(21-24-11-13-25(33)14-12-24)27(31(38)34-32(2,3)4)19-23-9-7-6-8-10-23/h6-16,20,27H,5,17-19,21-22H2,1-4H3,(H,34,38). The molecule has 0 fully saturated rings. The molecule has 0 aromatic heterocycles. The van der Waals surface area contributed by atoms with Gasteiger partial charge in [-0.15, -0.1) is 0 Å². The molecule has 1 N–H and O–H groups in total. The topological polar surface area (TPSA) is 105 Å². The second kappa shape index (κ2) is 13.5. The van der Waals surface area contributed by atoms with Gasteiger partial charge in [0.1, 0.15) is 31.6 Å². The van der Waals surface area contributed by atoms with Crippen molar-refractivity contribution in [3.63, 3.8) is 0 Å². The maximum absolute atomic E-state index is 14.3. The molecule has 1 atom stereocenters. The van der Waals surface area contributed by atoms with E-state index in [1.807, 2.05) is 51.1 Å². The van der Waals surface area contributed by atoms with Crippen LogP contribution in [0.1, 0.15) is 38.8 Å². The number of benzene rings is 3. The summed E-state index contributed by atoms with van der Waals surface area (Å²) in [5.74, 6) is -0.828. The minimum Gasteiger partial charge on any atom is -0.486 e. The van der Waals surface area contributed by atoms with E-state index in [1.54, 1.807) is 12.1 Å². The van der Waals surface area contributed by atoms with Gasteiger partial charge in [0.15, 0.2) is 11.5 Å². The van der Waals surface area contributed by atoms with Gasteiger partial charge in [-0.2, -0.15) is 0 Å². The first-order chi connectivity index (χ1) is 20.4. The number of nitrogens with one attached hydrogen (secondary N) is 1. The van der Waals surface area contributed by atoms with Crippen LogP contribution in [0.2, 0.25) is 0 Å². The molecule has 43 heavy (non-hydrogen) atoms. The maximum Gasteiger partial charge on any atom is 0.244 e. The summed E-state index contributed by atoms with van der Waals surface area (Å²) in [6.07, 6.45) is 0.181. The van der Waals surface area contributed by atoms with Gasteiger partial charge in [0, 0.05) is 24.6 Å². The van der Waals surface area contributed by atoms with E-state index >= 15 is 0 Å². The summed E-state index contributed by atoms with van der Waals surface area (Å²) in [5, 5.41) is 2.98. The normalized spacial score (nSPS) is 13.6. The maximum atomic E-state index is 14.3. The van der Waals surface area contributed by atoms with Crippen LogP contribution in [0.3, 0.4) is 0 Å². The van der Waals surface area contributed by atoms with Gasteiger partial charge in [0.25, 0.3) is 0 Å². The first-order valence-electron chi connectivity index (χ1n) is 14.2. The van der Waals surface area contributed by atoms with Crippen molar-refractivity contribution in [2.24, 2.45) is 0 Å². The fraction of sp³-hybridized carbons (Fsp3) is 0.375. The van der Waals surface area contributed by atoms with Gasteiger partial charge in [0.2, 0.25) is 21.8 Å². The molecule has 0 aliphatic carbocycles. The molecule has 0 radical (unpaired) electrons. The molecule has 1 aliphatic rings. The third kappa shape index (κ3) is 8.47. The molecule has 9 nitrogen and oxygen atoms in total. The molecule has 3 aromatic rings. The minimum absolute atomic E-state index is 0.0463. The summed E-state index contributed by atoms with van der Waals surface area (Å²) in [5.41, 5.74) is 1.04. The highest BCUT2D eigenvalue weighted by molar-refractivity contribution is 7.92. The molecule has 0 saturated carbocycles. The second-order valence-electron chi connectivity index (χ2n) is 11.3. The van der Waals surface area contributed by atoms with Gasteiger partial charge < -0.3 is 19.7 Å². The summed E-state index contributed by atoms with van der Waals surface area (Å²) in [6.45, 7) is 7.09. The Balaban J connectivity index is 1.76. The van der Waals surface area contributed by atoms with Crippen LogP contribution in [-0.2, 0) is 32.6 Å². The molecular weight excluding hydrogens is 573 g/mol. The number of fused-ring (bicyclic) bond motifs is 1. The van der Waals surface area contributed by atoms with Crippen LogP contribution in [0.4, 0.5) is 10.1 Å². The number of carbonyl (C=O) groups is 2.